The molecule has 0 bridgehead atoms. The fourth-order valence-corrected chi connectivity index (χ4v) is 5.53. The lowest BCUT2D eigenvalue weighted by molar-refractivity contribution is -0.124. The number of nitrogens with zero attached hydrogens (tertiary/aromatic N) is 1. The first-order valence-electron chi connectivity index (χ1n) is 10.6. The van der Waals surface area contributed by atoms with Crippen LogP contribution in [0.25, 0.3) is 0 Å². The van der Waals surface area contributed by atoms with Gasteiger partial charge in [-0.25, -0.2) is 13.2 Å². The molecule has 3 rings (SSSR count). The lowest BCUT2D eigenvalue weighted by atomic mass is 10.2. The van der Waals surface area contributed by atoms with Crippen molar-refractivity contribution in [3.8, 4) is 5.75 Å². The summed E-state index contributed by atoms with van der Waals surface area (Å²) in [5.41, 5.74) is -0.0120. The smallest absolute Gasteiger partial charge is 0.342 e. The summed E-state index contributed by atoms with van der Waals surface area (Å²) >= 11 is 0. The van der Waals surface area contributed by atoms with E-state index < -0.39 is 22.6 Å². The van der Waals surface area contributed by atoms with E-state index in [1.165, 1.54) is 29.6 Å². The molecular weight excluding hydrogens is 408 g/mol. The third kappa shape index (κ3) is 5.51. The Morgan fingerprint density at radius 3 is 2.37 bits per heavy atom. The molecule has 1 heterocycles. The molecule has 9 heteroatoms. The molecule has 1 aromatic carbocycles. The molecule has 0 unspecified atom stereocenters. The fraction of sp³-hybridized carbons (Fsp3) is 0.619. The number of methoxy groups -OCH3 is 1. The minimum absolute atomic E-state index is 0.0120. The first kappa shape index (κ1) is 22.6. The average molecular weight is 439 g/mol. The van der Waals surface area contributed by atoms with Crippen molar-refractivity contribution in [2.24, 2.45) is 0 Å². The van der Waals surface area contributed by atoms with Crippen LogP contribution in [0.2, 0.25) is 0 Å². The van der Waals surface area contributed by atoms with Crippen LogP contribution in [-0.2, 0) is 19.6 Å². The van der Waals surface area contributed by atoms with Gasteiger partial charge in [0.15, 0.2) is 6.61 Å². The predicted octanol–water partition coefficient (Wildman–Crippen LogP) is 2.48. The number of carbonyl (C=O) groups is 2. The Bertz CT molecular complexity index is 856. The molecule has 0 aromatic heterocycles. The maximum absolute atomic E-state index is 13.0. The summed E-state index contributed by atoms with van der Waals surface area (Å²) in [7, 11) is -2.33. The fourth-order valence-electron chi connectivity index (χ4n) is 3.99. The summed E-state index contributed by atoms with van der Waals surface area (Å²) in [5, 5.41) is 2.85. The molecule has 0 radical (unpaired) electrons. The van der Waals surface area contributed by atoms with E-state index in [2.05, 4.69) is 5.32 Å². The van der Waals surface area contributed by atoms with Gasteiger partial charge in [0.05, 0.1) is 12.0 Å². The number of hydrogen-bond acceptors (Lipinski definition) is 6. The standard InChI is InChI=1S/C21H30N2O6S/c1-28-19-11-10-17(30(26,27)23-12-6-2-3-7-13-23)14-18(19)21(25)29-15-20(24)22-16-8-4-5-9-16/h10-11,14,16H,2-9,12-13,15H2,1H3,(H,22,24). The molecule has 0 spiro atoms. The van der Waals surface area contributed by atoms with Crippen LogP contribution >= 0.6 is 0 Å². The highest BCUT2D eigenvalue weighted by atomic mass is 32.2. The highest BCUT2D eigenvalue weighted by molar-refractivity contribution is 7.89. The average Bonchev–Trinajstić information content (AvgIpc) is 3.09. The minimum atomic E-state index is -3.72. The second-order valence-electron chi connectivity index (χ2n) is 7.81. The molecule has 1 aliphatic heterocycles. The molecule has 30 heavy (non-hydrogen) atoms. The van der Waals surface area contributed by atoms with Gasteiger partial charge >= 0.3 is 5.97 Å². The molecule has 166 valence electrons. The molecule has 1 saturated carbocycles. The highest BCUT2D eigenvalue weighted by Gasteiger charge is 2.27. The van der Waals surface area contributed by atoms with Gasteiger partial charge in [-0.1, -0.05) is 25.7 Å². The van der Waals surface area contributed by atoms with E-state index in [-0.39, 0.29) is 28.2 Å². The molecular formula is C21H30N2O6S. The molecule has 0 atom stereocenters. The monoisotopic (exact) mass is 438 g/mol. The lowest BCUT2D eigenvalue weighted by Crippen LogP contribution is -2.36. The van der Waals surface area contributed by atoms with Gasteiger partial charge in [-0.15, -0.1) is 0 Å². The zero-order valence-corrected chi connectivity index (χ0v) is 18.2. The van der Waals surface area contributed by atoms with Crippen LogP contribution in [0, 0.1) is 0 Å². The number of rotatable bonds is 7. The van der Waals surface area contributed by atoms with Crippen molar-refractivity contribution in [1.82, 2.24) is 9.62 Å². The van der Waals surface area contributed by atoms with Crippen molar-refractivity contribution in [3.05, 3.63) is 23.8 Å². The van der Waals surface area contributed by atoms with Crippen LogP contribution in [0.5, 0.6) is 5.75 Å². The van der Waals surface area contributed by atoms with Crippen LogP contribution in [0.1, 0.15) is 61.7 Å². The third-order valence-corrected chi connectivity index (χ3v) is 7.54. The first-order chi connectivity index (χ1) is 14.4. The Labute approximate surface area is 178 Å². The molecule has 1 saturated heterocycles. The van der Waals surface area contributed by atoms with E-state index in [0.717, 1.165) is 51.4 Å². The number of esters is 1. The van der Waals surface area contributed by atoms with Crippen molar-refractivity contribution in [2.45, 2.75) is 62.3 Å². The SMILES string of the molecule is COc1ccc(S(=O)(=O)N2CCCCCC2)cc1C(=O)OCC(=O)NC1CCCC1. The highest BCUT2D eigenvalue weighted by Crippen LogP contribution is 2.27. The van der Waals surface area contributed by atoms with Crippen molar-refractivity contribution >= 4 is 21.9 Å². The van der Waals surface area contributed by atoms with E-state index in [9.17, 15) is 18.0 Å². The second-order valence-corrected chi connectivity index (χ2v) is 9.74. The summed E-state index contributed by atoms with van der Waals surface area (Å²) in [5.74, 6) is -0.949. The van der Waals surface area contributed by atoms with Crippen LogP contribution in [-0.4, -0.2) is 57.4 Å². The molecule has 1 N–H and O–H groups in total. The Balaban J connectivity index is 1.71. The quantitative estimate of drug-likeness (QED) is 0.656. The minimum Gasteiger partial charge on any atom is -0.496 e. The Morgan fingerprint density at radius 2 is 1.73 bits per heavy atom. The van der Waals surface area contributed by atoms with Gasteiger partial charge in [-0.2, -0.15) is 4.31 Å². The molecule has 1 amide bonds. The Morgan fingerprint density at radius 1 is 1.07 bits per heavy atom. The van der Waals surface area contributed by atoms with E-state index >= 15 is 0 Å². The molecule has 1 aromatic rings. The number of amides is 1. The zero-order valence-electron chi connectivity index (χ0n) is 17.4. The summed E-state index contributed by atoms with van der Waals surface area (Å²) in [6.07, 6.45) is 7.69. The van der Waals surface area contributed by atoms with Gasteiger partial charge in [0.25, 0.3) is 5.91 Å². The molecule has 1 aliphatic carbocycles. The van der Waals surface area contributed by atoms with Crippen LogP contribution in [0.15, 0.2) is 23.1 Å². The normalized spacial score (nSPS) is 18.6. The summed E-state index contributed by atoms with van der Waals surface area (Å²) in [4.78, 5) is 24.6. The summed E-state index contributed by atoms with van der Waals surface area (Å²) in [6, 6.07) is 4.28. The second kappa shape index (κ2) is 10.3. The van der Waals surface area contributed by atoms with Crippen LogP contribution in [0.3, 0.4) is 0 Å². The maximum atomic E-state index is 13.0. The van der Waals surface area contributed by atoms with E-state index in [0.29, 0.717) is 13.1 Å². The Kier molecular flexibility index (Phi) is 7.71. The number of sulfonamides is 1. The largest absolute Gasteiger partial charge is 0.496 e. The number of ether oxygens (including phenoxy) is 2. The lowest BCUT2D eigenvalue weighted by Gasteiger charge is -2.20. The first-order valence-corrected chi connectivity index (χ1v) is 12.0. The van der Waals surface area contributed by atoms with Crippen molar-refractivity contribution < 1.29 is 27.5 Å². The van der Waals surface area contributed by atoms with E-state index in [4.69, 9.17) is 9.47 Å². The van der Waals surface area contributed by atoms with Gasteiger partial charge in [0, 0.05) is 19.1 Å². The molecule has 2 aliphatic rings. The van der Waals surface area contributed by atoms with Crippen LogP contribution < -0.4 is 10.1 Å². The Hall–Kier alpha value is -2.13. The van der Waals surface area contributed by atoms with Gasteiger partial charge < -0.3 is 14.8 Å². The third-order valence-electron chi connectivity index (χ3n) is 5.65. The van der Waals surface area contributed by atoms with Gasteiger partial charge in [0.1, 0.15) is 11.3 Å². The van der Waals surface area contributed by atoms with Crippen molar-refractivity contribution in [3.63, 3.8) is 0 Å². The number of nitrogens with one attached hydrogen (secondary N) is 1. The van der Waals surface area contributed by atoms with Crippen molar-refractivity contribution in [2.75, 3.05) is 26.8 Å². The maximum Gasteiger partial charge on any atom is 0.342 e. The van der Waals surface area contributed by atoms with Gasteiger partial charge in [0.2, 0.25) is 10.0 Å². The number of benzene rings is 1. The van der Waals surface area contributed by atoms with Gasteiger partial charge in [-0.05, 0) is 43.9 Å². The predicted molar refractivity (Wildman–Crippen MR) is 111 cm³/mol. The zero-order chi connectivity index (χ0) is 21.6. The summed E-state index contributed by atoms with van der Waals surface area (Å²) in [6.45, 7) is 0.520. The van der Waals surface area contributed by atoms with Gasteiger partial charge in [-0.3, -0.25) is 4.79 Å². The van der Waals surface area contributed by atoms with Crippen LogP contribution in [0.4, 0.5) is 0 Å². The topological polar surface area (TPSA) is 102 Å². The number of carbonyl (C=O) groups excluding carboxylic acids is 2. The molecule has 8 nitrogen and oxygen atoms in total. The van der Waals surface area contributed by atoms with E-state index in [1.54, 1.807) is 0 Å². The van der Waals surface area contributed by atoms with E-state index in [1.807, 2.05) is 0 Å². The number of hydrogen-bond donors (Lipinski definition) is 1. The molecule has 2 fully saturated rings. The van der Waals surface area contributed by atoms with Crippen molar-refractivity contribution in [1.29, 1.82) is 0 Å². The summed E-state index contributed by atoms with van der Waals surface area (Å²) < 4.78 is 37.9.